The molecule has 4 nitrogen and oxygen atoms in total. The van der Waals surface area contributed by atoms with Gasteiger partial charge in [0.2, 0.25) is 0 Å². The van der Waals surface area contributed by atoms with Gasteiger partial charge in [-0.05, 0) is 55.0 Å². The Labute approximate surface area is 210 Å². The van der Waals surface area contributed by atoms with Crippen LogP contribution in [0.4, 0.5) is 26.3 Å². The maximum atomic E-state index is 13.4. The van der Waals surface area contributed by atoms with Crippen LogP contribution in [0, 0.1) is 0 Å². The lowest BCUT2D eigenvalue weighted by Crippen LogP contribution is -2.49. The van der Waals surface area contributed by atoms with Gasteiger partial charge in [0.15, 0.2) is 5.79 Å². The molecule has 0 N–H and O–H groups in total. The zero-order valence-corrected chi connectivity index (χ0v) is 20.3. The van der Waals surface area contributed by atoms with Gasteiger partial charge in [0.25, 0.3) is 0 Å². The van der Waals surface area contributed by atoms with E-state index < -0.39 is 46.8 Å². The van der Waals surface area contributed by atoms with E-state index in [2.05, 4.69) is 0 Å². The number of ether oxygens (including phenoxy) is 3. The SMILES string of the molecule is CC(=O)O[C@@H](CCc1cc(C(F)(F)F)cc(C(F)(F)F)c1)C1(c2ccccc2)CCC2(CC1)OCCO2. The maximum Gasteiger partial charge on any atom is 0.416 e. The number of aryl methyl sites for hydroxylation is 1. The number of hydrogen-bond donors (Lipinski definition) is 0. The Kier molecular flexibility index (Phi) is 7.63. The minimum Gasteiger partial charge on any atom is -0.462 e. The molecular formula is C27H28F6O4. The molecule has 1 saturated heterocycles. The quantitative estimate of drug-likeness (QED) is 0.303. The van der Waals surface area contributed by atoms with Gasteiger partial charge in [-0.2, -0.15) is 26.3 Å². The fourth-order valence-corrected chi connectivity index (χ4v) is 5.54. The molecule has 0 amide bonds. The third-order valence-corrected chi connectivity index (χ3v) is 7.33. The number of carbonyl (C=O) groups excluding carboxylic acids is 1. The van der Waals surface area contributed by atoms with Gasteiger partial charge in [-0.1, -0.05) is 30.3 Å². The maximum absolute atomic E-state index is 13.4. The van der Waals surface area contributed by atoms with E-state index in [0.717, 1.165) is 17.7 Å². The predicted octanol–water partition coefficient (Wildman–Crippen LogP) is 6.84. The standard InChI is InChI=1S/C27H28F6O4/c1-18(34)37-23(8-7-19-15-21(26(28,29)30)17-22(16-19)27(31,32)33)24(20-5-3-2-4-6-20)9-11-25(12-10-24)35-13-14-36-25/h2-6,15-17,23H,7-14H2,1H3/t23-/m0/s1. The van der Waals surface area contributed by atoms with E-state index in [-0.39, 0.29) is 24.5 Å². The van der Waals surface area contributed by atoms with Crippen molar-refractivity contribution in [1.29, 1.82) is 0 Å². The molecule has 1 spiro atoms. The van der Waals surface area contributed by atoms with Crippen LogP contribution in [-0.2, 0) is 43.2 Å². The van der Waals surface area contributed by atoms with Gasteiger partial charge in [0.1, 0.15) is 6.10 Å². The summed E-state index contributed by atoms with van der Waals surface area (Å²) in [6.07, 6.45) is -8.71. The molecule has 2 fully saturated rings. The van der Waals surface area contributed by atoms with Gasteiger partial charge < -0.3 is 14.2 Å². The molecular weight excluding hydrogens is 502 g/mol. The van der Waals surface area contributed by atoms with Crippen LogP contribution in [0.5, 0.6) is 0 Å². The number of halogens is 6. The summed E-state index contributed by atoms with van der Waals surface area (Å²) in [5.74, 6) is -1.30. The lowest BCUT2D eigenvalue weighted by molar-refractivity contribution is -0.194. The second-order valence-electron chi connectivity index (χ2n) is 9.68. The molecule has 1 aliphatic carbocycles. The number of benzene rings is 2. The molecule has 202 valence electrons. The number of alkyl halides is 6. The molecule has 1 saturated carbocycles. The van der Waals surface area contributed by atoms with E-state index in [4.69, 9.17) is 14.2 Å². The monoisotopic (exact) mass is 530 g/mol. The zero-order valence-electron chi connectivity index (χ0n) is 20.3. The van der Waals surface area contributed by atoms with Crippen molar-refractivity contribution in [1.82, 2.24) is 0 Å². The zero-order chi connectivity index (χ0) is 26.9. The van der Waals surface area contributed by atoms with Crippen LogP contribution in [-0.4, -0.2) is 31.1 Å². The highest BCUT2D eigenvalue weighted by molar-refractivity contribution is 5.66. The van der Waals surface area contributed by atoms with Crippen LogP contribution >= 0.6 is 0 Å². The first-order valence-electron chi connectivity index (χ1n) is 12.1. The molecule has 2 aromatic carbocycles. The Balaban J connectivity index is 1.67. The molecule has 2 aliphatic rings. The fraction of sp³-hybridized carbons (Fsp3) is 0.519. The number of rotatable bonds is 6. The molecule has 37 heavy (non-hydrogen) atoms. The van der Waals surface area contributed by atoms with Crippen molar-refractivity contribution in [3.63, 3.8) is 0 Å². The molecule has 1 atom stereocenters. The summed E-state index contributed by atoms with van der Waals surface area (Å²) in [5.41, 5.74) is -2.68. The summed E-state index contributed by atoms with van der Waals surface area (Å²) in [7, 11) is 0. The summed E-state index contributed by atoms with van der Waals surface area (Å²) in [5, 5.41) is 0. The normalized spacial score (nSPS) is 20.1. The second-order valence-corrected chi connectivity index (χ2v) is 9.68. The number of esters is 1. The van der Waals surface area contributed by atoms with Crippen LogP contribution in [0.25, 0.3) is 0 Å². The highest BCUT2D eigenvalue weighted by atomic mass is 19.4. The summed E-state index contributed by atoms with van der Waals surface area (Å²) in [4.78, 5) is 12.1. The Morgan fingerprint density at radius 3 is 1.92 bits per heavy atom. The average Bonchev–Trinajstić information content (AvgIpc) is 3.30. The molecule has 0 aromatic heterocycles. The van der Waals surface area contributed by atoms with Gasteiger partial charge in [0, 0.05) is 25.2 Å². The average molecular weight is 531 g/mol. The van der Waals surface area contributed by atoms with Crippen LogP contribution in [0.1, 0.15) is 61.3 Å². The Morgan fingerprint density at radius 2 is 1.43 bits per heavy atom. The van der Waals surface area contributed by atoms with Crippen molar-refractivity contribution < 1.29 is 45.3 Å². The molecule has 1 heterocycles. The van der Waals surface area contributed by atoms with E-state index in [1.807, 2.05) is 30.3 Å². The topological polar surface area (TPSA) is 44.8 Å². The minimum atomic E-state index is -4.93. The third kappa shape index (κ3) is 6.12. The van der Waals surface area contributed by atoms with Crippen molar-refractivity contribution in [2.75, 3.05) is 13.2 Å². The van der Waals surface area contributed by atoms with Crippen molar-refractivity contribution >= 4 is 5.97 Å². The van der Waals surface area contributed by atoms with E-state index in [0.29, 0.717) is 38.9 Å². The number of carbonyl (C=O) groups is 1. The van der Waals surface area contributed by atoms with Crippen LogP contribution in [0.2, 0.25) is 0 Å². The van der Waals surface area contributed by atoms with E-state index >= 15 is 0 Å². The van der Waals surface area contributed by atoms with Crippen molar-refractivity contribution in [3.8, 4) is 0 Å². The van der Waals surface area contributed by atoms with Crippen molar-refractivity contribution in [2.24, 2.45) is 0 Å². The molecule has 0 bridgehead atoms. The Bertz CT molecular complexity index is 1050. The van der Waals surface area contributed by atoms with Crippen molar-refractivity contribution in [2.45, 2.75) is 75.1 Å². The lowest BCUT2D eigenvalue weighted by atomic mass is 9.63. The molecule has 1 aliphatic heterocycles. The van der Waals surface area contributed by atoms with Gasteiger partial charge in [-0.25, -0.2) is 0 Å². The Hall–Kier alpha value is -2.59. The first kappa shape index (κ1) is 27.4. The van der Waals surface area contributed by atoms with Crippen molar-refractivity contribution in [3.05, 3.63) is 70.8 Å². The lowest BCUT2D eigenvalue weighted by Gasteiger charge is -2.47. The van der Waals surface area contributed by atoms with Gasteiger partial charge >= 0.3 is 18.3 Å². The second kappa shape index (κ2) is 10.3. The minimum absolute atomic E-state index is 0.0434. The summed E-state index contributed by atoms with van der Waals surface area (Å²) in [6.45, 7) is 2.19. The summed E-state index contributed by atoms with van der Waals surface area (Å²) in [6, 6.07) is 10.9. The third-order valence-electron chi connectivity index (χ3n) is 7.33. The largest absolute Gasteiger partial charge is 0.462 e. The van der Waals surface area contributed by atoms with E-state index in [1.165, 1.54) is 6.92 Å². The smallest absolute Gasteiger partial charge is 0.416 e. The molecule has 4 rings (SSSR count). The van der Waals surface area contributed by atoms with Crippen LogP contribution < -0.4 is 0 Å². The van der Waals surface area contributed by atoms with E-state index in [1.54, 1.807) is 0 Å². The molecule has 2 aromatic rings. The van der Waals surface area contributed by atoms with Gasteiger partial charge in [-0.3, -0.25) is 4.79 Å². The highest BCUT2D eigenvalue weighted by Crippen LogP contribution is 2.50. The first-order valence-corrected chi connectivity index (χ1v) is 12.1. The predicted molar refractivity (Wildman–Crippen MR) is 122 cm³/mol. The molecule has 0 unspecified atom stereocenters. The van der Waals surface area contributed by atoms with Gasteiger partial charge in [-0.15, -0.1) is 0 Å². The van der Waals surface area contributed by atoms with Gasteiger partial charge in [0.05, 0.1) is 24.3 Å². The highest BCUT2D eigenvalue weighted by Gasteiger charge is 2.51. The van der Waals surface area contributed by atoms with E-state index in [9.17, 15) is 31.1 Å². The molecule has 0 radical (unpaired) electrons. The summed E-state index contributed by atoms with van der Waals surface area (Å²) < 4.78 is 97.6. The molecule has 10 heteroatoms. The Morgan fingerprint density at radius 1 is 0.892 bits per heavy atom. The van der Waals surface area contributed by atoms with Crippen LogP contribution in [0.3, 0.4) is 0 Å². The number of hydrogen-bond acceptors (Lipinski definition) is 4. The fourth-order valence-electron chi connectivity index (χ4n) is 5.54. The first-order chi connectivity index (χ1) is 17.3. The van der Waals surface area contributed by atoms with Crippen LogP contribution in [0.15, 0.2) is 48.5 Å². The summed E-state index contributed by atoms with van der Waals surface area (Å²) >= 11 is 0.